The molecule has 168 valence electrons. The lowest BCUT2D eigenvalue weighted by Crippen LogP contribution is -2.02. The summed E-state index contributed by atoms with van der Waals surface area (Å²) in [5.74, 6) is 0. The van der Waals surface area contributed by atoms with E-state index in [0.29, 0.717) is 0 Å². The van der Waals surface area contributed by atoms with Gasteiger partial charge in [0, 0.05) is 22.3 Å². The molecule has 0 saturated heterocycles. The van der Waals surface area contributed by atoms with Gasteiger partial charge in [0.05, 0.1) is 11.4 Å². The number of hydrogen-bond donors (Lipinski definition) is 0. The Morgan fingerprint density at radius 1 is 0.278 bits per heavy atom. The van der Waals surface area contributed by atoms with Crippen LogP contribution in [0.5, 0.6) is 0 Å². The van der Waals surface area contributed by atoms with Gasteiger partial charge in [-0.05, 0) is 46.6 Å². The zero-order chi connectivity index (χ0) is 23.9. The summed E-state index contributed by atoms with van der Waals surface area (Å²) in [5.41, 5.74) is 12.6. The molecular weight excluding hydrogens is 440 g/mol. The molecule has 0 N–H and O–H groups in total. The van der Waals surface area contributed by atoms with E-state index in [1.165, 1.54) is 22.3 Å². The number of nitrogens with zero attached hydrogens (tertiary/aromatic N) is 4. The highest BCUT2D eigenvalue weighted by Gasteiger charge is 2.25. The first-order valence-corrected chi connectivity index (χ1v) is 11.9. The van der Waals surface area contributed by atoms with Crippen molar-refractivity contribution in [2.24, 2.45) is 20.4 Å². The van der Waals surface area contributed by atoms with Crippen molar-refractivity contribution in [3.63, 3.8) is 0 Å². The van der Waals surface area contributed by atoms with E-state index < -0.39 is 0 Å². The summed E-state index contributed by atoms with van der Waals surface area (Å²) in [5, 5.41) is 18.4. The Kier molecular flexibility index (Phi) is 4.74. The topological polar surface area (TPSA) is 49.4 Å². The minimum atomic E-state index is 0.771. The number of benzene rings is 4. The van der Waals surface area contributed by atoms with Crippen LogP contribution in [0.25, 0.3) is 22.3 Å². The number of rotatable bonds is 2. The second-order valence-corrected chi connectivity index (χ2v) is 8.80. The van der Waals surface area contributed by atoms with Gasteiger partial charge in [-0.15, -0.1) is 10.2 Å². The lowest BCUT2D eigenvalue weighted by atomic mass is 10.1. The summed E-state index contributed by atoms with van der Waals surface area (Å²) in [6.45, 7) is 0. The van der Waals surface area contributed by atoms with E-state index in [9.17, 15) is 0 Å². The van der Waals surface area contributed by atoms with E-state index in [1.54, 1.807) is 0 Å². The van der Waals surface area contributed by atoms with Gasteiger partial charge >= 0.3 is 0 Å². The quantitative estimate of drug-likeness (QED) is 0.200. The Hall–Kier alpha value is -4.96. The van der Waals surface area contributed by atoms with Gasteiger partial charge in [0.15, 0.2) is 0 Å². The number of hydrogen-bond acceptors (Lipinski definition) is 4. The van der Waals surface area contributed by atoms with E-state index in [0.717, 1.165) is 45.1 Å². The van der Waals surface area contributed by atoms with Crippen LogP contribution in [-0.2, 0) is 0 Å². The summed E-state index contributed by atoms with van der Waals surface area (Å²) < 4.78 is 0. The summed E-state index contributed by atoms with van der Waals surface area (Å²) >= 11 is 0. The van der Waals surface area contributed by atoms with Crippen molar-refractivity contribution in [1.29, 1.82) is 0 Å². The molecule has 4 aromatic carbocycles. The largest absolute Gasteiger partial charge is 0.151 e. The Bertz CT molecular complexity index is 1490. The molecule has 4 heteroatoms. The maximum absolute atomic E-state index is 4.65. The average Bonchev–Trinajstić information content (AvgIpc) is 3.44. The Morgan fingerprint density at radius 2 is 0.528 bits per heavy atom. The van der Waals surface area contributed by atoms with Crippen molar-refractivity contribution in [3.05, 3.63) is 144 Å². The zero-order valence-electron chi connectivity index (χ0n) is 19.3. The van der Waals surface area contributed by atoms with Gasteiger partial charge in [-0.25, -0.2) is 0 Å². The van der Waals surface area contributed by atoms with Crippen molar-refractivity contribution in [3.8, 4) is 22.3 Å². The van der Waals surface area contributed by atoms with Crippen molar-refractivity contribution in [2.45, 2.75) is 0 Å². The molecule has 0 fully saturated rings. The van der Waals surface area contributed by atoms with Crippen LogP contribution in [0.3, 0.4) is 0 Å². The Morgan fingerprint density at radius 3 is 0.806 bits per heavy atom. The minimum Gasteiger partial charge on any atom is -0.151 e. The summed E-state index contributed by atoms with van der Waals surface area (Å²) in [4.78, 5) is 0. The van der Waals surface area contributed by atoms with Crippen LogP contribution in [0, 0.1) is 0 Å². The molecule has 0 aromatic heterocycles. The van der Waals surface area contributed by atoms with Crippen LogP contribution in [0.15, 0.2) is 142 Å². The first-order valence-electron chi connectivity index (χ1n) is 11.9. The minimum absolute atomic E-state index is 0.771. The standard InChI is InChI=1S/C32H20N4/c1-5-13-27-23(9-1)24-10-2-6-14-28(24)31(27)35-33-21-17-19-22(20-18-21)34-36-32-29-15-7-3-11-25(29)26-12-4-8-16-30(26)32/h1-20H. The van der Waals surface area contributed by atoms with E-state index in [-0.39, 0.29) is 0 Å². The van der Waals surface area contributed by atoms with Gasteiger partial charge in [-0.2, -0.15) is 10.2 Å². The van der Waals surface area contributed by atoms with Gasteiger partial charge in [-0.1, -0.05) is 97.1 Å². The van der Waals surface area contributed by atoms with Gasteiger partial charge in [-0.3, -0.25) is 0 Å². The molecule has 36 heavy (non-hydrogen) atoms. The maximum Gasteiger partial charge on any atom is 0.101 e. The molecule has 0 amide bonds. The maximum atomic E-state index is 4.65. The summed E-state index contributed by atoms with van der Waals surface area (Å²) in [6, 6.07) is 33.3. The molecule has 0 aliphatic heterocycles. The van der Waals surface area contributed by atoms with Gasteiger partial charge in [0.2, 0.25) is 0 Å². The van der Waals surface area contributed by atoms with Gasteiger partial charge < -0.3 is 0 Å². The molecule has 0 atom stereocenters. The zero-order valence-corrected chi connectivity index (χ0v) is 19.3. The highest BCUT2D eigenvalue weighted by Crippen LogP contribution is 2.37. The normalized spacial score (nSPS) is 14.2. The monoisotopic (exact) mass is 460 g/mol. The molecule has 3 aliphatic rings. The Labute approximate surface area is 209 Å². The van der Waals surface area contributed by atoms with Crippen LogP contribution in [0.4, 0.5) is 0 Å². The lowest BCUT2D eigenvalue weighted by molar-refractivity contribution is 1.23. The van der Waals surface area contributed by atoms with Crippen LogP contribution >= 0.6 is 0 Å². The van der Waals surface area contributed by atoms with Crippen LogP contribution in [0.1, 0.15) is 22.3 Å². The fraction of sp³-hybridized carbons (Fsp3) is 0. The first kappa shape index (κ1) is 20.4. The first-order chi connectivity index (χ1) is 17.9. The highest BCUT2D eigenvalue weighted by atomic mass is 15.2. The smallest absolute Gasteiger partial charge is 0.101 e. The van der Waals surface area contributed by atoms with Crippen molar-refractivity contribution < 1.29 is 0 Å². The van der Waals surface area contributed by atoms with Gasteiger partial charge in [0.25, 0.3) is 0 Å². The van der Waals surface area contributed by atoms with E-state index in [2.05, 4.69) is 93.2 Å². The molecule has 7 rings (SSSR count). The van der Waals surface area contributed by atoms with E-state index in [4.69, 9.17) is 0 Å². The van der Waals surface area contributed by atoms with Gasteiger partial charge in [0.1, 0.15) is 11.4 Å². The fourth-order valence-corrected chi connectivity index (χ4v) is 5.00. The third-order valence-electron chi connectivity index (χ3n) is 6.69. The third kappa shape index (κ3) is 3.31. The number of fused-ring (bicyclic) bond motifs is 6. The second kappa shape index (κ2) is 8.36. The van der Waals surface area contributed by atoms with Crippen LogP contribution in [-0.4, -0.2) is 22.8 Å². The molecule has 0 spiro atoms. The fourth-order valence-electron chi connectivity index (χ4n) is 5.00. The van der Waals surface area contributed by atoms with E-state index in [1.807, 2.05) is 48.6 Å². The van der Waals surface area contributed by atoms with Crippen LogP contribution in [0.2, 0.25) is 0 Å². The molecule has 0 heterocycles. The van der Waals surface area contributed by atoms with Crippen molar-refractivity contribution >= 4 is 22.8 Å². The molecule has 0 saturated carbocycles. The molecule has 3 aliphatic carbocycles. The molecule has 0 unspecified atom stereocenters. The SMILES string of the molecule is C1=CC(=NN=C2c3ccccc3-c3ccccc32)C=CC1=NN=C1c2ccccc2-c2ccccc21. The van der Waals surface area contributed by atoms with Crippen molar-refractivity contribution in [1.82, 2.24) is 0 Å². The predicted molar refractivity (Wildman–Crippen MR) is 148 cm³/mol. The predicted octanol–water partition coefficient (Wildman–Crippen LogP) is 6.86. The molecule has 0 bridgehead atoms. The van der Waals surface area contributed by atoms with E-state index >= 15 is 0 Å². The third-order valence-corrected chi connectivity index (χ3v) is 6.69. The van der Waals surface area contributed by atoms with Crippen molar-refractivity contribution in [2.75, 3.05) is 0 Å². The molecule has 0 radical (unpaired) electrons. The second-order valence-electron chi connectivity index (χ2n) is 8.80. The molecule has 4 nitrogen and oxygen atoms in total. The highest BCUT2D eigenvalue weighted by molar-refractivity contribution is 6.26. The van der Waals surface area contributed by atoms with Crippen LogP contribution < -0.4 is 0 Å². The number of allylic oxidation sites excluding steroid dienone is 4. The average molecular weight is 461 g/mol. The Balaban J connectivity index is 1.18. The molecule has 4 aromatic rings. The summed E-state index contributed by atoms with van der Waals surface area (Å²) in [6.07, 6.45) is 7.69. The lowest BCUT2D eigenvalue weighted by Gasteiger charge is -2.02. The summed E-state index contributed by atoms with van der Waals surface area (Å²) in [7, 11) is 0. The molecular formula is C32H20N4.